The summed E-state index contributed by atoms with van der Waals surface area (Å²) in [5, 5.41) is 6.65. The second-order valence-corrected chi connectivity index (χ2v) is 7.47. The molecule has 3 rings (SSSR count). The molecule has 2 aromatic carbocycles. The van der Waals surface area contributed by atoms with Gasteiger partial charge in [0, 0.05) is 10.4 Å². The van der Waals surface area contributed by atoms with E-state index in [2.05, 4.69) is 10.3 Å². The Morgan fingerprint density at radius 2 is 1.96 bits per heavy atom. The molecule has 1 heterocycles. The van der Waals surface area contributed by atoms with Crippen LogP contribution in [0.15, 0.2) is 47.8 Å². The zero-order valence-corrected chi connectivity index (χ0v) is 16.3. The number of carbonyl (C=O) groups excluding carboxylic acids is 1. The first-order valence-electron chi connectivity index (χ1n) is 7.87. The van der Waals surface area contributed by atoms with Crippen molar-refractivity contribution in [3.63, 3.8) is 0 Å². The molecular weight excluding hydrogens is 391 g/mol. The lowest BCUT2D eigenvalue weighted by atomic mass is 10.2. The van der Waals surface area contributed by atoms with Crippen LogP contribution in [0.5, 0.6) is 5.75 Å². The monoisotopic (exact) mass is 406 g/mol. The van der Waals surface area contributed by atoms with Gasteiger partial charge in [-0.05, 0) is 48.9 Å². The Hall–Kier alpha value is -2.08. The van der Waals surface area contributed by atoms with Gasteiger partial charge in [-0.2, -0.15) is 0 Å². The van der Waals surface area contributed by atoms with E-state index in [1.165, 1.54) is 11.3 Å². The molecule has 0 bridgehead atoms. The predicted molar refractivity (Wildman–Crippen MR) is 106 cm³/mol. The van der Waals surface area contributed by atoms with Crippen LogP contribution in [0.1, 0.15) is 16.3 Å². The normalized spacial score (nSPS) is 10.6. The molecule has 0 aliphatic carbocycles. The van der Waals surface area contributed by atoms with E-state index in [0.29, 0.717) is 28.0 Å². The molecule has 1 amide bonds. The summed E-state index contributed by atoms with van der Waals surface area (Å²) in [6.07, 6.45) is 0.182. The second-order valence-electron chi connectivity index (χ2n) is 5.68. The van der Waals surface area contributed by atoms with Crippen LogP contribution < -0.4 is 10.1 Å². The molecule has 26 heavy (non-hydrogen) atoms. The fourth-order valence-corrected chi connectivity index (χ4v) is 3.37. The highest BCUT2D eigenvalue weighted by atomic mass is 35.5. The Labute approximate surface area is 165 Å². The maximum Gasteiger partial charge on any atom is 0.230 e. The van der Waals surface area contributed by atoms with E-state index in [1.807, 2.05) is 24.4 Å². The summed E-state index contributed by atoms with van der Waals surface area (Å²) >= 11 is 13.4. The lowest BCUT2D eigenvalue weighted by molar-refractivity contribution is -0.115. The van der Waals surface area contributed by atoms with Gasteiger partial charge in [-0.3, -0.25) is 4.79 Å². The maximum atomic E-state index is 12.2. The van der Waals surface area contributed by atoms with E-state index in [4.69, 9.17) is 27.9 Å². The van der Waals surface area contributed by atoms with Crippen molar-refractivity contribution in [1.82, 2.24) is 4.98 Å². The molecule has 0 saturated heterocycles. The smallest absolute Gasteiger partial charge is 0.230 e. The first-order chi connectivity index (χ1) is 12.5. The summed E-state index contributed by atoms with van der Waals surface area (Å²) in [7, 11) is 0. The molecule has 4 nitrogen and oxygen atoms in total. The third kappa shape index (κ3) is 5.21. The lowest BCUT2D eigenvalue weighted by Crippen LogP contribution is -2.15. The molecule has 3 aromatic rings. The van der Waals surface area contributed by atoms with Gasteiger partial charge < -0.3 is 10.1 Å². The molecule has 0 spiro atoms. The first-order valence-corrected chi connectivity index (χ1v) is 9.51. The highest BCUT2D eigenvalue weighted by Crippen LogP contribution is 2.23. The maximum absolute atomic E-state index is 12.2. The molecule has 0 radical (unpaired) electrons. The molecule has 7 heteroatoms. The van der Waals surface area contributed by atoms with Gasteiger partial charge in [0.1, 0.15) is 17.4 Å². The largest absolute Gasteiger partial charge is 0.486 e. The average Bonchev–Trinajstić information content (AvgIpc) is 3.04. The predicted octanol–water partition coefficient (Wildman–Crippen LogP) is 5.52. The van der Waals surface area contributed by atoms with Crippen molar-refractivity contribution in [3.05, 3.63) is 74.2 Å². The summed E-state index contributed by atoms with van der Waals surface area (Å²) in [4.78, 5) is 16.6. The van der Waals surface area contributed by atoms with E-state index in [9.17, 15) is 4.79 Å². The SMILES string of the molecule is Cc1ccc(NC(=O)Cc2csc(COc3ccc(Cl)cc3)n2)c(Cl)c1. The van der Waals surface area contributed by atoms with E-state index in [0.717, 1.165) is 16.3 Å². The van der Waals surface area contributed by atoms with Crippen molar-refractivity contribution in [2.45, 2.75) is 20.0 Å². The number of hydrogen-bond donors (Lipinski definition) is 1. The fourth-order valence-electron chi connectivity index (χ4n) is 2.25. The third-order valence-corrected chi connectivity index (χ3v) is 4.95. The molecule has 0 aliphatic rings. The Bertz CT molecular complexity index is 910. The van der Waals surface area contributed by atoms with Gasteiger partial charge in [0.15, 0.2) is 0 Å². The number of amides is 1. The van der Waals surface area contributed by atoms with Gasteiger partial charge in [-0.15, -0.1) is 11.3 Å². The van der Waals surface area contributed by atoms with Gasteiger partial charge in [-0.1, -0.05) is 29.3 Å². The minimum Gasteiger partial charge on any atom is -0.486 e. The number of rotatable bonds is 6. The minimum atomic E-state index is -0.161. The van der Waals surface area contributed by atoms with Gasteiger partial charge in [0.25, 0.3) is 0 Å². The van der Waals surface area contributed by atoms with Crippen molar-refractivity contribution < 1.29 is 9.53 Å². The van der Waals surface area contributed by atoms with Crippen molar-refractivity contribution in [3.8, 4) is 5.75 Å². The molecule has 1 N–H and O–H groups in total. The number of benzene rings is 2. The highest BCUT2D eigenvalue weighted by molar-refractivity contribution is 7.09. The van der Waals surface area contributed by atoms with E-state index in [1.54, 1.807) is 30.3 Å². The zero-order chi connectivity index (χ0) is 18.5. The molecule has 0 atom stereocenters. The summed E-state index contributed by atoms with van der Waals surface area (Å²) in [5.74, 6) is 0.559. The van der Waals surface area contributed by atoms with E-state index in [-0.39, 0.29) is 12.3 Å². The number of hydrogen-bond acceptors (Lipinski definition) is 4. The summed E-state index contributed by atoms with van der Waals surface area (Å²) < 4.78 is 5.66. The molecule has 0 unspecified atom stereocenters. The summed E-state index contributed by atoms with van der Waals surface area (Å²) in [6.45, 7) is 2.29. The first kappa shape index (κ1) is 18.7. The molecule has 134 valence electrons. The molecular formula is C19H16Cl2N2O2S. The van der Waals surface area contributed by atoms with Crippen LogP contribution >= 0.6 is 34.5 Å². The van der Waals surface area contributed by atoms with Crippen molar-refractivity contribution in [2.24, 2.45) is 0 Å². The van der Waals surface area contributed by atoms with Crippen LogP contribution in [-0.2, 0) is 17.8 Å². The highest BCUT2D eigenvalue weighted by Gasteiger charge is 2.10. The van der Waals surface area contributed by atoms with Crippen LogP contribution in [0, 0.1) is 6.92 Å². The number of nitrogens with one attached hydrogen (secondary N) is 1. The van der Waals surface area contributed by atoms with Crippen LogP contribution in [-0.4, -0.2) is 10.9 Å². The van der Waals surface area contributed by atoms with Gasteiger partial charge in [0.05, 0.1) is 22.8 Å². The number of halogens is 2. The Morgan fingerprint density at radius 1 is 1.19 bits per heavy atom. The second kappa shape index (κ2) is 8.54. The number of ether oxygens (including phenoxy) is 1. The van der Waals surface area contributed by atoms with Crippen LogP contribution in [0.2, 0.25) is 10.0 Å². The number of nitrogens with zero attached hydrogens (tertiary/aromatic N) is 1. The number of thiazole rings is 1. The quantitative estimate of drug-likeness (QED) is 0.586. The Morgan fingerprint density at radius 3 is 2.69 bits per heavy atom. The molecule has 0 saturated carbocycles. The third-order valence-electron chi connectivity index (χ3n) is 3.52. The molecule has 0 aliphatic heterocycles. The standard InChI is InChI=1S/C19H16Cl2N2O2S/c1-12-2-7-17(16(21)8-12)23-18(24)9-14-11-26-19(22-14)10-25-15-5-3-13(20)4-6-15/h2-8,11H,9-10H2,1H3,(H,23,24). The van der Waals surface area contributed by atoms with E-state index < -0.39 is 0 Å². The van der Waals surface area contributed by atoms with Gasteiger partial charge in [0.2, 0.25) is 5.91 Å². The average molecular weight is 407 g/mol. The number of carbonyl (C=O) groups is 1. The summed E-state index contributed by atoms with van der Waals surface area (Å²) in [6, 6.07) is 12.6. The lowest BCUT2D eigenvalue weighted by Gasteiger charge is -2.07. The van der Waals surface area contributed by atoms with Crippen molar-refractivity contribution in [2.75, 3.05) is 5.32 Å². The number of anilines is 1. The summed E-state index contributed by atoms with van der Waals surface area (Å²) in [5.41, 5.74) is 2.34. The van der Waals surface area contributed by atoms with Gasteiger partial charge in [-0.25, -0.2) is 4.98 Å². The van der Waals surface area contributed by atoms with Crippen LogP contribution in [0.3, 0.4) is 0 Å². The Kier molecular flexibility index (Phi) is 6.14. The number of aromatic nitrogens is 1. The zero-order valence-electron chi connectivity index (χ0n) is 14.0. The van der Waals surface area contributed by atoms with Gasteiger partial charge >= 0.3 is 0 Å². The molecule has 0 fully saturated rings. The van der Waals surface area contributed by atoms with Crippen molar-refractivity contribution in [1.29, 1.82) is 0 Å². The fraction of sp³-hybridized carbons (Fsp3) is 0.158. The van der Waals surface area contributed by atoms with Crippen LogP contribution in [0.25, 0.3) is 0 Å². The van der Waals surface area contributed by atoms with Crippen molar-refractivity contribution >= 4 is 46.1 Å². The number of aryl methyl sites for hydroxylation is 1. The van der Waals surface area contributed by atoms with Crippen LogP contribution in [0.4, 0.5) is 5.69 Å². The topological polar surface area (TPSA) is 51.2 Å². The minimum absolute atomic E-state index is 0.161. The molecule has 1 aromatic heterocycles. The Balaban J connectivity index is 1.54. The van der Waals surface area contributed by atoms with E-state index >= 15 is 0 Å².